The van der Waals surface area contributed by atoms with Gasteiger partial charge in [-0.2, -0.15) is 0 Å². The van der Waals surface area contributed by atoms with Crippen LogP contribution in [0.3, 0.4) is 0 Å². The zero-order valence-corrected chi connectivity index (χ0v) is 12.0. The number of hydrogen-bond acceptors (Lipinski definition) is 0. The highest BCUT2D eigenvalue weighted by atomic mass is 79.9. The van der Waals surface area contributed by atoms with Gasteiger partial charge in [0, 0.05) is 10.4 Å². The Morgan fingerprint density at radius 1 is 1.20 bits per heavy atom. The van der Waals surface area contributed by atoms with E-state index in [0.29, 0.717) is 11.8 Å². The molecule has 0 spiro atoms. The number of rotatable bonds is 4. The maximum absolute atomic E-state index is 5.96. The third-order valence-corrected chi connectivity index (χ3v) is 3.55. The Kier molecular flexibility index (Phi) is 5.14. The highest BCUT2D eigenvalue weighted by Gasteiger charge is 2.08. The second-order valence-corrected chi connectivity index (χ2v) is 5.42. The SMILES string of the molecule is CCc1cc(Br)c(CC(C)C)cc1CCl. The van der Waals surface area contributed by atoms with E-state index in [1.165, 1.54) is 21.2 Å². The number of hydrogen-bond donors (Lipinski definition) is 0. The fourth-order valence-electron chi connectivity index (χ4n) is 1.76. The Morgan fingerprint density at radius 2 is 1.87 bits per heavy atom. The molecule has 0 aliphatic rings. The summed E-state index contributed by atoms with van der Waals surface area (Å²) >= 11 is 9.59. The Morgan fingerprint density at radius 3 is 2.33 bits per heavy atom. The van der Waals surface area contributed by atoms with Crippen LogP contribution in [-0.4, -0.2) is 0 Å². The molecule has 0 heterocycles. The fraction of sp³-hybridized carbons (Fsp3) is 0.538. The van der Waals surface area contributed by atoms with E-state index in [1.54, 1.807) is 0 Å². The summed E-state index contributed by atoms with van der Waals surface area (Å²) in [5.74, 6) is 1.29. The summed E-state index contributed by atoms with van der Waals surface area (Å²) < 4.78 is 1.22. The first-order valence-electron chi connectivity index (χ1n) is 5.44. The molecule has 0 unspecified atom stereocenters. The predicted molar refractivity (Wildman–Crippen MR) is 71.6 cm³/mol. The number of benzene rings is 1. The van der Waals surface area contributed by atoms with Crippen LogP contribution in [0.25, 0.3) is 0 Å². The molecule has 0 nitrogen and oxygen atoms in total. The van der Waals surface area contributed by atoms with Gasteiger partial charge >= 0.3 is 0 Å². The smallest absolute Gasteiger partial charge is 0.0476 e. The molecule has 0 amide bonds. The lowest BCUT2D eigenvalue weighted by atomic mass is 9.97. The lowest BCUT2D eigenvalue weighted by Gasteiger charge is -2.12. The van der Waals surface area contributed by atoms with Crippen LogP contribution in [0.1, 0.15) is 37.5 Å². The van der Waals surface area contributed by atoms with E-state index < -0.39 is 0 Å². The summed E-state index contributed by atoms with van der Waals surface area (Å²) in [5.41, 5.74) is 4.00. The van der Waals surface area contributed by atoms with Gasteiger partial charge in [-0.15, -0.1) is 11.6 Å². The molecule has 2 heteroatoms. The largest absolute Gasteiger partial charge is 0.122 e. The lowest BCUT2D eigenvalue weighted by molar-refractivity contribution is 0.645. The number of alkyl halides is 1. The molecule has 0 aromatic heterocycles. The maximum Gasteiger partial charge on any atom is 0.0476 e. The molecule has 0 saturated carbocycles. The molecular weight excluding hydrogens is 272 g/mol. The summed E-state index contributed by atoms with van der Waals surface area (Å²) in [6.07, 6.45) is 2.15. The molecule has 15 heavy (non-hydrogen) atoms. The van der Waals surface area contributed by atoms with Gasteiger partial charge in [-0.05, 0) is 41.5 Å². The molecule has 1 aromatic carbocycles. The monoisotopic (exact) mass is 288 g/mol. The van der Waals surface area contributed by atoms with Gasteiger partial charge in [-0.3, -0.25) is 0 Å². The Bertz CT molecular complexity index is 332. The van der Waals surface area contributed by atoms with Gasteiger partial charge in [0.05, 0.1) is 0 Å². The summed E-state index contributed by atoms with van der Waals surface area (Å²) in [6, 6.07) is 4.46. The Balaban J connectivity index is 3.08. The lowest BCUT2D eigenvalue weighted by Crippen LogP contribution is -1.99. The van der Waals surface area contributed by atoms with Crippen molar-refractivity contribution in [1.29, 1.82) is 0 Å². The molecular formula is C13H18BrCl. The normalized spacial score (nSPS) is 11.1. The van der Waals surface area contributed by atoms with Gasteiger partial charge < -0.3 is 0 Å². The molecule has 1 rings (SSSR count). The van der Waals surface area contributed by atoms with Crippen molar-refractivity contribution in [2.24, 2.45) is 5.92 Å². The first-order valence-corrected chi connectivity index (χ1v) is 6.77. The van der Waals surface area contributed by atoms with E-state index in [9.17, 15) is 0 Å². The second-order valence-electron chi connectivity index (χ2n) is 4.30. The third kappa shape index (κ3) is 3.49. The number of aryl methyl sites for hydroxylation is 1. The summed E-state index contributed by atoms with van der Waals surface area (Å²) in [4.78, 5) is 0. The Labute approximate surface area is 106 Å². The predicted octanol–water partition coefficient (Wildman–Crippen LogP) is 4.95. The van der Waals surface area contributed by atoms with Crippen molar-refractivity contribution in [3.63, 3.8) is 0 Å². The summed E-state index contributed by atoms with van der Waals surface area (Å²) in [7, 11) is 0. The van der Waals surface area contributed by atoms with Crippen LogP contribution >= 0.6 is 27.5 Å². The quantitative estimate of drug-likeness (QED) is 0.688. The number of halogens is 2. The van der Waals surface area contributed by atoms with E-state index in [2.05, 4.69) is 48.8 Å². The molecule has 0 bridgehead atoms. The van der Waals surface area contributed by atoms with E-state index in [1.807, 2.05) is 0 Å². The van der Waals surface area contributed by atoms with E-state index in [4.69, 9.17) is 11.6 Å². The average Bonchev–Trinajstić information content (AvgIpc) is 2.19. The van der Waals surface area contributed by atoms with Crippen molar-refractivity contribution < 1.29 is 0 Å². The van der Waals surface area contributed by atoms with Gasteiger partial charge in [-0.25, -0.2) is 0 Å². The minimum atomic E-state index is 0.613. The van der Waals surface area contributed by atoms with Crippen LogP contribution in [0.5, 0.6) is 0 Å². The maximum atomic E-state index is 5.96. The average molecular weight is 290 g/mol. The molecule has 84 valence electrons. The minimum absolute atomic E-state index is 0.613. The van der Waals surface area contributed by atoms with Gasteiger partial charge in [0.1, 0.15) is 0 Å². The van der Waals surface area contributed by atoms with Crippen LogP contribution in [0, 0.1) is 5.92 Å². The van der Waals surface area contributed by atoms with E-state index in [0.717, 1.165) is 12.8 Å². The molecule has 0 aliphatic heterocycles. The Hall–Kier alpha value is -0.0100. The molecule has 0 aliphatic carbocycles. The topological polar surface area (TPSA) is 0 Å². The zero-order chi connectivity index (χ0) is 11.4. The standard InChI is InChI=1S/C13H18BrCl/c1-4-10-7-13(14)11(5-9(2)3)6-12(10)8-15/h6-7,9H,4-5,8H2,1-3H3. The van der Waals surface area contributed by atoms with Crippen molar-refractivity contribution in [3.05, 3.63) is 33.3 Å². The van der Waals surface area contributed by atoms with Crippen molar-refractivity contribution >= 4 is 27.5 Å². The van der Waals surface area contributed by atoms with Crippen molar-refractivity contribution in [2.75, 3.05) is 0 Å². The van der Waals surface area contributed by atoms with Gasteiger partial charge in [-0.1, -0.05) is 42.8 Å². The molecule has 0 N–H and O–H groups in total. The van der Waals surface area contributed by atoms with Crippen LogP contribution in [0.4, 0.5) is 0 Å². The minimum Gasteiger partial charge on any atom is -0.122 e. The molecule has 0 fully saturated rings. The highest BCUT2D eigenvalue weighted by Crippen LogP contribution is 2.26. The van der Waals surface area contributed by atoms with Crippen molar-refractivity contribution in [3.8, 4) is 0 Å². The summed E-state index contributed by atoms with van der Waals surface area (Å²) in [6.45, 7) is 6.64. The van der Waals surface area contributed by atoms with Gasteiger partial charge in [0.15, 0.2) is 0 Å². The van der Waals surface area contributed by atoms with E-state index >= 15 is 0 Å². The van der Waals surface area contributed by atoms with Crippen molar-refractivity contribution in [1.82, 2.24) is 0 Å². The molecule has 1 aromatic rings. The van der Waals surface area contributed by atoms with Crippen LogP contribution in [0.2, 0.25) is 0 Å². The second kappa shape index (κ2) is 5.91. The molecule has 0 saturated heterocycles. The highest BCUT2D eigenvalue weighted by molar-refractivity contribution is 9.10. The zero-order valence-electron chi connectivity index (χ0n) is 9.61. The van der Waals surface area contributed by atoms with Crippen LogP contribution in [-0.2, 0) is 18.7 Å². The van der Waals surface area contributed by atoms with Crippen molar-refractivity contribution in [2.45, 2.75) is 39.5 Å². The first-order chi connectivity index (χ1) is 7.08. The van der Waals surface area contributed by atoms with E-state index in [-0.39, 0.29) is 0 Å². The fourth-order valence-corrected chi connectivity index (χ4v) is 2.56. The van der Waals surface area contributed by atoms with Crippen LogP contribution < -0.4 is 0 Å². The molecule has 0 radical (unpaired) electrons. The summed E-state index contributed by atoms with van der Waals surface area (Å²) in [5, 5.41) is 0. The first kappa shape index (κ1) is 13.1. The van der Waals surface area contributed by atoms with Gasteiger partial charge in [0.2, 0.25) is 0 Å². The molecule has 0 atom stereocenters. The van der Waals surface area contributed by atoms with Crippen LogP contribution in [0.15, 0.2) is 16.6 Å². The third-order valence-electron chi connectivity index (χ3n) is 2.52. The van der Waals surface area contributed by atoms with Gasteiger partial charge in [0.25, 0.3) is 0 Å².